The van der Waals surface area contributed by atoms with Crippen molar-refractivity contribution in [3.05, 3.63) is 35.7 Å². The molecule has 1 aliphatic heterocycles. The summed E-state index contributed by atoms with van der Waals surface area (Å²) in [6, 6.07) is 8.77. The van der Waals surface area contributed by atoms with Crippen molar-refractivity contribution < 1.29 is 4.42 Å². The lowest BCUT2D eigenvalue weighted by atomic mass is 10.2. The van der Waals surface area contributed by atoms with E-state index >= 15 is 0 Å². The van der Waals surface area contributed by atoms with Crippen LogP contribution in [0.5, 0.6) is 0 Å². The first-order valence-electron chi connectivity index (χ1n) is 5.26. The minimum Gasteiger partial charge on any atom is -0.406 e. The van der Waals surface area contributed by atoms with Crippen molar-refractivity contribution in [1.29, 1.82) is 0 Å². The zero-order chi connectivity index (χ0) is 11.0. The fourth-order valence-electron chi connectivity index (χ4n) is 1.97. The highest BCUT2D eigenvalue weighted by molar-refractivity contribution is 5.64. The largest absolute Gasteiger partial charge is 0.406 e. The SMILES string of the molecule is NCc1nnc(N2CCc3ccccc32)o1. The molecule has 0 aliphatic carbocycles. The molecule has 3 rings (SSSR count). The normalized spacial score (nSPS) is 14.2. The summed E-state index contributed by atoms with van der Waals surface area (Å²) in [7, 11) is 0. The van der Waals surface area contributed by atoms with Gasteiger partial charge in [-0.3, -0.25) is 4.90 Å². The molecule has 1 aliphatic rings. The number of aromatic nitrogens is 2. The summed E-state index contributed by atoms with van der Waals surface area (Å²) in [5.74, 6) is 0.472. The van der Waals surface area contributed by atoms with Gasteiger partial charge in [-0.15, -0.1) is 5.10 Å². The Morgan fingerprint density at radius 2 is 2.19 bits per heavy atom. The molecule has 2 aromatic rings. The smallest absolute Gasteiger partial charge is 0.322 e. The van der Waals surface area contributed by atoms with Crippen LogP contribution in [-0.2, 0) is 13.0 Å². The molecule has 1 aromatic heterocycles. The van der Waals surface area contributed by atoms with Crippen LogP contribution in [-0.4, -0.2) is 16.7 Å². The molecule has 0 atom stereocenters. The molecular formula is C11H12N4O. The van der Waals surface area contributed by atoms with Crippen molar-refractivity contribution >= 4 is 11.7 Å². The third-order valence-electron chi connectivity index (χ3n) is 2.75. The average molecular weight is 216 g/mol. The molecule has 2 heterocycles. The quantitative estimate of drug-likeness (QED) is 0.817. The van der Waals surface area contributed by atoms with E-state index in [1.807, 2.05) is 17.0 Å². The molecule has 0 unspecified atom stereocenters. The maximum absolute atomic E-state index is 5.45. The summed E-state index contributed by atoms with van der Waals surface area (Å²) in [6.45, 7) is 1.16. The number of rotatable bonds is 2. The Bertz CT molecular complexity index is 508. The van der Waals surface area contributed by atoms with Gasteiger partial charge in [0.25, 0.3) is 0 Å². The van der Waals surface area contributed by atoms with Gasteiger partial charge < -0.3 is 10.2 Å². The van der Waals surface area contributed by atoms with Gasteiger partial charge in [-0.25, -0.2) is 0 Å². The van der Waals surface area contributed by atoms with Gasteiger partial charge in [-0.1, -0.05) is 23.3 Å². The van der Waals surface area contributed by atoms with Gasteiger partial charge in [0.15, 0.2) is 0 Å². The molecule has 0 saturated carbocycles. The van der Waals surface area contributed by atoms with E-state index in [1.165, 1.54) is 5.56 Å². The Kier molecular flexibility index (Phi) is 2.11. The number of hydrogen-bond donors (Lipinski definition) is 1. The van der Waals surface area contributed by atoms with E-state index in [0.29, 0.717) is 11.9 Å². The van der Waals surface area contributed by atoms with Crippen LogP contribution in [0.4, 0.5) is 11.7 Å². The number of hydrogen-bond acceptors (Lipinski definition) is 5. The highest BCUT2D eigenvalue weighted by Gasteiger charge is 2.23. The second-order valence-corrected chi connectivity index (χ2v) is 3.71. The Labute approximate surface area is 92.9 Å². The van der Waals surface area contributed by atoms with Crippen LogP contribution in [0.2, 0.25) is 0 Å². The summed E-state index contributed by atoms with van der Waals surface area (Å²) in [4.78, 5) is 2.03. The second-order valence-electron chi connectivity index (χ2n) is 3.71. The molecule has 0 spiro atoms. The van der Waals surface area contributed by atoms with Crippen molar-refractivity contribution in [2.45, 2.75) is 13.0 Å². The van der Waals surface area contributed by atoms with Gasteiger partial charge in [0.2, 0.25) is 5.89 Å². The molecule has 82 valence electrons. The second kappa shape index (κ2) is 3.61. The monoisotopic (exact) mass is 216 g/mol. The maximum atomic E-state index is 5.45. The first-order chi connectivity index (χ1) is 7.88. The first-order valence-corrected chi connectivity index (χ1v) is 5.26. The Hall–Kier alpha value is -1.88. The van der Waals surface area contributed by atoms with E-state index in [2.05, 4.69) is 22.3 Å². The fourth-order valence-corrected chi connectivity index (χ4v) is 1.97. The van der Waals surface area contributed by atoms with Gasteiger partial charge >= 0.3 is 6.01 Å². The highest BCUT2D eigenvalue weighted by atomic mass is 16.4. The summed E-state index contributed by atoms with van der Waals surface area (Å²) >= 11 is 0. The van der Waals surface area contributed by atoms with Crippen LogP contribution >= 0.6 is 0 Å². The molecule has 0 radical (unpaired) electrons. The number of nitrogens with zero attached hydrogens (tertiary/aromatic N) is 3. The van der Waals surface area contributed by atoms with E-state index in [-0.39, 0.29) is 6.54 Å². The zero-order valence-electron chi connectivity index (χ0n) is 8.76. The van der Waals surface area contributed by atoms with Gasteiger partial charge in [-0.2, -0.15) is 0 Å². The number of anilines is 2. The van der Waals surface area contributed by atoms with Crippen LogP contribution in [0, 0.1) is 0 Å². The fraction of sp³-hybridized carbons (Fsp3) is 0.273. The van der Waals surface area contributed by atoms with Gasteiger partial charge in [0.1, 0.15) is 0 Å². The zero-order valence-corrected chi connectivity index (χ0v) is 8.76. The van der Waals surface area contributed by atoms with Crippen molar-refractivity contribution in [3.8, 4) is 0 Å². The van der Waals surface area contributed by atoms with Crippen molar-refractivity contribution in [2.75, 3.05) is 11.4 Å². The molecule has 5 heteroatoms. The topological polar surface area (TPSA) is 68.2 Å². The minimum atomic E-state index is 0.280. The van der Waals surface area contributed by atoms with Crippen LogP contribution < -0.4 is 10.6 Å². The predicted molar refractivity (Wildman–Crippen MR) is 59.3 cm³/mol. The number of para-hydroxylation sites is 1. The van der Waals surface area contributed by atoms with Crippen molar-refractivity contribution in [2.24, 2.45) is 5.73 Å². The van der Waals surface area contributed by atoms with Gasteiger partial charge in [0.05, 0.1) is 6.54 Å². The predicted octanol–water partition coefficient (Wildman–Crippen LogP) is 1.22. The van der Waals surface area contributed by atoms with Crippen molar-refractivity contribution in [3.63, 3.8) is 0 Å². The average Bonchev–Trinajstić information content (AvgIpc) is 2.94. The molecule has 1 aromatic carbocycles. The molecule has 2 N–H and O–H groups in total. The summed E-state index contributed by atoms with van der Waals surface area (Å²) in [5.41, 5.74) is 7.90. The van der Waals surface area contributed by atoms with E-state index in [9.17, 15) is 0 Å². The standard InChI is InChI=1S/C11H12N4O/c12-7-10-13-14-11(16-10)15-6-5-8-3-1-2-4-9(8)15/h1-4H,5-7,12H2. The minimum absolute atomic E-state index is 0.280. The molecule has 0 saturated heterocycles. The molecule has 0 fully saturated rings. The van der Waals surface area contributed by atoms with Gasteiger partial charge in [-0.05, 0) is 18.1 Å². The number of nitrogens with two attached hydrogens (primary N) is 1. The van der Waals surface area contributed by atoms with Gasteiger partial charge in [0, 0.05) is 12.2 Å². The molecular weight excluding hydrogens is 204 g/mol. The lowest BCUT2D eigenvalue weighted by Gasteiger charge is -2.12. The molecule has 0 amide bonds. The molecule has 16 heavy (non-hydrogen) atoms. The molecule has 5 nitrogen and oxygen atoms in total. The Morgan fingerprint density at radius 1 is 1.31 bits per heavy atom. The summed E-state index contributed by atoms with van der Waals surface area (Å²) in [5, 5.41) is 7.87. The Balaban J connectivity index is 1.98. The van der Waals surface area contributed by atoms with E-state index in [1.54, 1.807) is 0 Å². The van der Waals surface area contributed by atoms with Crippen LogP contribution in [0.3, 0.4) is 0 Å². The van der Waals surface area contributed by atoms with E-state index in [4.69, 9.17) is 10.2 Å². The Morgan fingerprint density at radius 3 is 3.00 bits per heavy atom. The highest BCUT2D eigenvalue weighted by Crippen LogP contribution is 2.33. The number of benzene rings is 1. The summed E-state index contributed by atoms with van der Waals surface area (Å²) in [6.07, 6.45) is 1.01. The third-order valence-corrected chi connectivity index (χ3v) is 2.75. The van der Waals surface area contributed by atoms with E-state index in [0.717, 1.165) is 18.7 Å². The lowest BCUT2D eigenvalue weighted by Crippen LogP contribution is -2.13. The summed E-state index contributed by atoms with van der Waals surface area (Å²) < 4.78 is 5.45. The van der Waals surface area contributed by atoms with Crippen molar-refractivity contribution in [1.82, 2.24) is 10.2 Å². The maximum Gasteiger partial charge on any atom is 0.322 e. The first kappa shape index (κ1) is 9.35. The third kappa shape index (κ3) is 1.37. The lowest BCUT2D eigenvalue weighted by molar-refractivity contribution is 0.498. The molecule has 0 bridgehead atoms. The van der Waals surface area contributed by atoms with Crippen LogP contribution in [0.1, 0.15) is 11.5 Å². The van der Waals surface area contributed by atoms with E-state index < -0.39 is 0 Å². The van der Waals surface area contributed by atoms with Crippen LogP contribution in [0.15, 0.2) is 28.7 Å². The number of fused-ring (bicyclic) bond motifs is 1. The van der Waals surface area contributed by atoms with Crippen LogP contribution in [0.25, 0.3) is 0 Å².